The maximum Gasteiger partial charge on any atom is 0.261 e. The smallest absolute Gasteiger partial charge is 0.261 e. The first-order valence-electron chi connectivity index (χ1n) is 8.42. The quantitative estimate of drug-likeness (QED) is 0.750. The Kier molecular flexibility index (Phi) is 4.69. The molecular formula is C19H21N3O4S. The summed E-state index contributed by atoms with van der Waals surface area (Å²) in [4.78, 5) is 23.6. The Morgan fingerprint density at radius 3 is 2.37 bits per heavy atom. The van der Waals surface area contributed by atoms with Gasteiger partial charge in [0.25, 0.3) is 15.9 Å². The predicted molar refractivity (Wildman–Crippen MR) is 103 cm³/mol. The molecule has 0 radical (unpaired) electrons. The number of sulfonamides is 1. The Morgan fingerprint density at radius 1 is 1.07 bits per heavy atom. The Morgan fingerprint density at radius 2 is 1.74 bits per heavy atom. The fraction of sp³-hybridized carbons (Fsp3) is 0.263. The van der Waals surface area contributed by atoms with Gasteiger partial charge in [0.1, 0.15) is 0 Å². The molecule has 3 rings (SSSR count). The van der Waals surface area contributed by atoms with E-state index in [2.05, 4.69) is 15.4 Å². The molecule has 8 heteroatoms. The van der Waals surface area contributed by atoms with Crippen molar-refractivity contribution in [1.29, 1.82) is 0 Å². The Labute approximate surface area is 158 Å². The molecule has 0 aromatic heterocycles. The van der Waals surface area contributed by atoms with Crippen LogP contribution >= 0.6 is 0 Å². The first-order chi connectivity index (χ1) is 12.5. The van der Waals surface area contributed by atoms with Gasteiger partial charge in [-0.25, -0.2) is 8.42 Å². The molecule has 2 aromatic carbocycles. The zero-order valence-corrected chi connectivity index (χ0v) is 16.1. The lowest BCUT2D eigenvalue weighted by molar-refractivity contribution is -0.115. The van der Waals surface area contributed by atoms with Crippen molar-refractivity contribution in [2.45, 2.75) is 37.6 Å². The number of benzene rings is 2. The van der Waals surface area contributed by atoms with E-state index in [0.717, 1.165) is 0 Å². The zero-order valence-electron chi connectivity index (χ0n) is 15.3. The second-order valence-electron chi connectivity index (χ2n) is 7.43. The Balaban J connectivity index is 1.76. The van der Waals surface area contributed by atoms with Gasteiger partial charge in [-0.2, -0.15) is 0 Å². The summed E-state index contributed by atoms with van der Waals surface area (Å²) in [7, 11) is -3.80. The van der Waals surface area contributed by atoms with Gasteiger partial charge >= 0.3 is 0 Å². The lowest BCUT2D eigenvalue weighted by atomic mass is 10.1. The summed E-state index contributed by atoms with van der Waals surface area (Å²) in [5, 5.41) is 5.51. The molecular weight excluding hydrogens is 366 g/mol. The summed E-state index contributed by atoms with van der Waals surface area (Å²) >= 11 is 0. The molecule has 0 saturated heterocycles. The summed E-state index contributed by atoms with van der Waals surface area (Å²) in [5.74, 6) is -0.385. The van der Waals surface area contributed by atoms with Crippen LogP contribution in [0.2, 0.25) is 0 Å². The third-order valence-corrected chi connectivity index (χ3v) is 5.28. The van der Waals surface area contributed by atoms with Crippen LogP contribution in [0.3, 0.4) is 0 Å². The van der Waals surface area contributed by atoms with Crippen LogP contribution in [0.1, 0.15) is 36.7 Å². The van der Waals surface area contributed by atoms with E-state index in [-0.39, 0.29) is 28.7 Å². The van der Waals surface area contributed by atoms with Crippen molar-refractivity contribution in [2.24, 2.45) is 0 Å². The number of anilines is 2. The minimum absolute atomic E-state index is 0.0762. The van der Waals surface area contributed by atoms with Crippen LogP contribution in [-0.2, 0) is 21.2 Å². The standard InChI is InChI=1S/C19H21N3O4S/c1-19(2,3)21-18(24)12-4-6-14(7-5-12)22-27(25,26)15-8-9-16-13(10-15)11-17(23)20-16/h4-10,22H,11H2,1-3H3,(H,20,23)(H,21,24). The largest absolute Gasteiger partial charge is 0.347 e. The summed E-state index contributed by atoms with van der Waals surface area (Å²) in [6.07, 6.45) is 0.163. The van der Waals surface area contributed by atoms with Crippen LogP contribution in [0.4, 0.5) is 11.4 Å². The minimum atomic E-state index is -3.80. The zero-order chi connectivity index (χ0) is 19.8. The molecule has 0 atom stereocenters. The topological polar surface area (TPSA) is 104 Å². The van der Waals surface area contributed by atoms with Gasteiger partial charge in [0.15, 0.2) is 0 Å². The van der Waals surface area contributed by atoms with E-state index in [0.29, 0.717) is 22.5 Å². The van der Waals surface area contributed by atoms with Gasteiger partial charge in [-0.05, 0) is 68.8 Å². The molecule has 1 aliphatic heterocycles. The molecule has 142 valence electrons. The molecule has 0 saturated carbocycles. The summed E-state index contributed by atoms with van der Waals surface area (Å²) in [6, 6.07) is 10.7. The Bertz CT molecular complexity index is 1010. The number of carbonyl (C=O) groups is 2. The van der Waals surface area contributed by atoms with E-state index < -0.39 is 10.0 Å². The van der Waals surface area contributed by atoms with E-state index in [4.69, 9.17) is 0 Å². The lowest BCUT2D eigenvalue weighted by Gasteiger charge is -2.20. The average Bonchev–Trinajstić information content (AvgIpc) is 2.92. The second kappa shape index (κ2) is 6.70. The molecule has 0 aliphatic carbocycles. The van der Waals surface area contributed by atoms with E-state index in [1.165, 1.54) is 24.3 Å². The first kappa shape index (κ1) is 18.9. The van der Waals surface area contributed by atoms with E-state index in [1.54, 1.807) is 18.2 Å². The molecule has 1 aliphatic rings. The summed E-state index contributed by atoms with van der Waals surface area (Å²) < 4.78 is 27.7. The number of fused-ring (bicyclic) bond motifs is 1. The highest BCUT2D eigenvalue weighted by molar-refractivity contribution is 7.92. The fourth-order valence-corrected chi connectivity index (χ4v) is 3.80. The molecule has 3 N–H and O–H groups in total. The number of hydrogen-bond donors (Lipinski definition) is 3. The van der Waals surface area contributed by atoms with Crippen molar-refractivity contribution in [3.05, 3.63) is 53.6 Å². The van der Waals surface area contributed by atoms with E-state index >= 15 is 0 Å². The predicted octanol–water partition coefficient (Wildman–Crippen LogP) is 2.51. The molecule has 0 fully saturated rings. The second-order valence-corrected chi connectivity index (χ2v) is 9.11. The maximum absolute atomic E-state index is 12.6. The van der Waals surface area contributed by atoms with Gasteiger partial charge in [0.05, 0.1) is 11.3 Å². The van der Waals surface area contributed by atoms with Crippen LogP contribution in [0.15, 0.2) is 47.4 Å². The molecule has 0 unspecified atom stereocenters. The monoisotopic (exact) mass is 387 g/mol. The number of hydrogen-bond acceptors (Lipinski definition) is 4. The summed E-state index contributed by atoms with van der Waals surface area (Å²) in [5.41, 5.74) is 1.71. The van der Waals surface area contributed by atoms with Gasteiger partial charge in [0, 0.05) is 22.5 Å². The van der Waals surface area contributed by atoms with Crippen molar-refractivity contribution in [3.8, 4) is 0 Å². The van der Waals surface area contributed by atoms with Crippen molar-refractivity contribution in [2.75, 3.05) is 10.0 Å². The number of nitrogens with one attached hydrogen (secondary N) is 3. The molecule has 2 aromatic rings. The summed E-state index contributed by atoms with van der Waals surface area (Å²) in [6.45, 7) is 5.65. The van der Waals surface area contributed by atoms with Crippen molar-refractivity contribution in [1.82, 2.24) is 5.32 Å². The number of amides is 2. The van der Waals surface area contributed by atoms with Crippen LogP contribution < -0.4 is 15.4 Å². The Hall–Kier alpha value is -2.87. The molecule has 27 heavy (non-hydrogen) atoms. The molecule has 0 bridgehead atoms. The van der Waals surface area contributed by atoms with E-state index in [9.17, 15) is 18.0 Å². The molecule has 1 heterocycles. The normalized spacial score (nSPS) is 13.7. The fourth-order valence-electron chi connectivity index (χ4n) is 2.69. The van der Waals surface area contributed by atoms with Gasteiger partial charge in [-0.3, -0.25) is 14.3 Å². The number of rotatable bonds is 4. The molecule has 0 spiro atoms. The van der Waals surface area contributed by atoms with Gasteiger partial charge in [0.2, 0.25) is 5.91 Å². The highest BCUT2D eigenvalue weighted by atomic mass is 32.2. The van der Waals surface area contributed by atoms with Gasteiger partial charge < -0.3 is 10.6 Å². The van der Waals surface area contributed by atoms with Crippen LogP contribution in [0.5, 0.6) is 0 Å². The lowest BCUT2D eigenvalue weighted by Crippen LogP contribution is -2.40. The SMILES string of the molecule is CC(C)(C)NC(=O)c1ccc(NS(=O)(=O)c2ccc3c(c2)CC(=O)N3)cc1. The third-order valence-electron chi connectivity index (χ3n) is 3.90. The van der Waals surface area contributed by atoms with Gasteiger partial charge in [-0.1, -0.05) is 0 Å². The highest BCUT2D eigenvalue weighted by Gasteiger charge is 2.22. The van der Waals surface area contributed by atoms with Crippen LogP contribution in [-0.4, -0.2) is 25.8 Å². The maximum atomic E-state index is 12.6. The minimum Gasteiger partial charge on any atom is -0.347 e. The van der Waals surface area contributed by atoms with Crippen LogP contribution in [0, 0.1) is 0 Å². The van der Waals surface area contributed by atoms with Crippen molar-refractivity contribution >= 4 is 33.2 Å². The first-order valence-corrected chi connectivity index (χ1v) is 9.90. The average molecular weight is 387 g/mol. The van der Waals surface area contributed by atoms with Gasteiger partial charge in [-0.15, -0.1) is 0 Å². The highest BCUT2D eigenvalue weighted by Crippen LogP contribution is 2.26. The number of carbonyl (C=O) groups excluding carboxylic acids is 2. The van der Waals surface area contributed by atoms with E-state index in [1.807, 2.05) is 20.8 Å². The molecule has 7 nitrogen and oxygen atoms in total. The van der Waals surface area contributed by atoms with Crippen molar-refractivity contribution in [3.63, 3.8) is 0 Å². The van der Waals surface area contributed by atoms with Crippen LogP contribution in [0.25, 0.3) is 0 Å². The van der Waals surface area contributed by atoms with Crippen molar-refractivity contribution < 1.29 is 18.0 Å². The third kappa shape index (κ3) is 4.46. The molecule has 2 amide bonds.